The molecular weight excluding hydrogens is 244 g/mol. The van der Waals surface area contributed by atoms with Crippen molar-refractivity contribution in [2.45, 2.75) is 39.8 Å². The minimum absolute atomic E-state index is 0. The van der Waals surface area contributed by atoms with Gasteiger partial charge in [-0.2, -0.15) is 0 Å². The zero-order chi connectivity index (χ0) is 11.6. The molecule has 1 aromatic heterocycles. The van der Waals surface area contributed by atoms with Gasteiger partial charge in [0.05, 0.1) is 12.1 Å². The Morgan fingerprint density at radius 2 is 2.00 bits per heavy atom. The maximum atomic E-state index is 11.4. The molecule has 0 fully saturated rings. The fourth-order valence-electron chi connectivity index (χ4n) is 1.50. The molecule has 0 saturated carbocycles. The van der Waals surface area contributed by atoms with Crippen LogP contribution in [0.25, 0.3) is 0 Å². The highest BCUT2D eigenvalue weighted by Crippen LogP contribution is 2.25. The normalized spacial score (nSPS) is 13.8. The summed E-state index contributed by atoms with van der Waals surface area (Å²) >= 11 is 1.75. The molecule has 1 amide bonds. The molecule has 0 aliphatic carbocycles. The third-order valence-corrected chi connectivity index (χ3v) is 3.30. The summed E-state index contributed by atoms with van der Waals surface area (Å²) in [4.78, 5) is 13.9. The number of nitrogens with two attached hydrogens (primary N) is 1. The second-order valence-corrected chi connectivity index (χ2v) is 5.35. The van der Waals surface area contributed by atoms with Crippen molar-refractivity contribution in [3.63, 3.8) is 0 Å². The van der Waals surface area contributed by atoms with Crippen molar-refractivity contribution in [2.75, 3.05) is 0 Å². The summed E-state index contributed by atoms with van der Waals surface area (Å²) in [5, 5.41) is 2.89. The fourth-order valence-corrected chi connectivity index (χ4v) is 2.53. The Hall–Kier alpha value is -0.580. The van der Waals surface area contributed by atoms with E-state index in [1.165, 1.54) is 15.3 Å². The van der Waals surface area contributed by atoms with Crippen LogP contribution < -0.4 is 11.1 Å². The average molecular weight is 263 g/mol. The van der Waals surface area contributed by atoms with Gasteiger partial charge in [0, 0.05) is 9.75 Å². The Kier molecular flexibility index (Phi) is 6.00. The molecule has 1 rings (SSSR count). The molecule has 0 saturated heterocycles. The topological polar surface area (TPSA) is 55.1 Å². The van der Waals surface area contributed by atoms with Crippen molar-refractivity contribution in [3.8, 4) is 0 Å². The number of amides is 1. The summed E-state index contributed by atoms with van der Waals surface area (Å²) in [6.45, 7) is 7.81. The van der Waals surface area contributed by atoms with Gasteiger partial charge in [-0.15, -0.1) is 23.7 Å². The first-order valence-electron chi connectivity index (χ1n) is 5.04. The van der Waals surface area contributed by atoms with Crippen LogP contribution >= 0.6 is 23.7 Å². The average Bonchev–Trinajstić information content (AvgIpc) is 2.44. The van der Waals surface area contributed by atoms with Gasteiger partial charge >= 0.3 is 0 Å². The van der Waals surface area contributed by atoms with Gasteiger partial charge in [0.2, 0.25) is 5.91 Å². The van der Waals surface area contributed by atoms with Gasteiger partial charge < -0.3 is 11.1 Å². The summed E-state index contributed by atoms with van der Waals surface area (Å²) in [5.41, 5.74) is 6.68. The quantitative estimate of drug-likeness (QED) is 0.878. The largest absolute Gasteiger partial charge is 0.348 e. The van der Waals surface area contributed by atoms with Crippen molar-refractivity contribution >= 4 is 29.7 Å². The second-order valence-electron chi connectivity index (χ2n) is 3.89. The number of hydrogen-bond acceptors (Lipinski definition) is 3. The Morgan fingerprint density at radius 1 is 1.44 bits per heavy atom. The van der Waals surface area contributed by atoms with Crippen LogP contribution in [0, 0.1) is 13.8 Å². The SMILES string of the molecule is Cc1cc(C(C)NC(=O)[C@H](C)N)c(C)s1.Cl. The van der Waals surface area contributed by atoms with E-state index in [0.29, 0.717) is 0 Å². The molecule has 1 unspecified atom stereocenters. The maximum Gasteiger partial charge on any atom is 0.237 e. The monoisotopic (exact) mass is 262 g/mol. The van der Waals surface area contributed by atoms with E-state index in [1.807, 2.05) is 6.92 Å². The van der Waals surface area contributed by atoms with Gasteiger partial charge in [0.25, 0.3) is 0 Å². The van der Waals surface area contributed by atoms with E-state index in [4.69, 9.17) is 5.73 Å². The number of aryl methyl sites for hydroxylation is 2. The fraction of sp³-hybridized carbons (Fsp3) is 0.545. The first-order chi connectivity index (χ1) is 6.91. The predicted molar refractivity (Wildman–Crippen MR) is 71.2 cm³/mol. The molecule has 0 aliphatic rings. The van der Waals surface area contributed by atoms with Gasteiger partial charge in [0.1, 0.15) is 0 Å². The lowest BCUT2D eigenvalue weighted by atomic mass is 10.1. The van der Waals surface area contributed by atoms with Gasteiger partial charge in [-0.05, 0) is 39.3 Å². The zero-order valence-electron chi connectivity index (χ0n) is 10.0. The van der Waals surface area contributed by atoms with Crippen molar-refractivity contribution in [2.24, 2.45) is 5.73 Å². The van der Waals surface area contributed by atoms with E-state index in [1.54, 1.807) is 18.3 Å². The van der Waals surface area contributed by atoms with E-state index in [-0.39, 0.29) is 24.4 Å². The van der Waals surface area contributed by atoms with Crippen molar-refractivity contribution in [1.82, 2.24) is 5.32 Å². The summed E-state index contributed by atoms with van der Waals surface area (Å²) in [6, 6.07) is 1.70. The van der Waals surface area contributed by atoms with Gasteiger partial charge in [0.15, 0.2) is 0 Å². The third-order valence-electron chi connectivity index (χ3n) is 2.32. The van der Waals surface area contributed by atoms with Crippen molar-refractivity contribution in [1.29, 1.82) is 0 Å². The Balaban J connectivity index is 0.00000225. The Morgan fingerprint density at radius 3 is 2.38 bits per heavy atom. The highest BCUT2D eigenvalue weighted by atomic mass is 35.5. The second kappa shape index (κ2) is 6.23. The van der Waals surface area contributed by atoms with Crippen molar-refractivity contribution < 1.29 is 4.79 Å². The van der Waals surface area contributed by atoms with Crippen LogP contribution in [0.2, 0.25) is 0 Å². The van der Waals surface area contributed by atoms with E-state index in [2.05, 4.69) is 25.2 Å². The molecule has 0 bridgehead atoms. The molecule has 2 atom stereocenters. The number of thiophene rings is 1. The summed E-state index contributed by atoms with van der Waals surface area (Å²) in [6.07, 6.45) is 0. The predicted octanol–water partition coefficient (Wildman–Crippen LogP) is 2.31. The van der Waals surface area contributed by atoms with Crippen molar-refractivity contribution in [3.05, 3.63) is 21.4 Å². The summed E-state index contributed by atoms with van der Waals surface area (Å²) in [5.74, 6) is -0.106. The molecule has 0 aliphatic heterocycles. The van der Waals surface area contributed by atoms with Crippen LogP contribution in [0.5, 0.6) is 0 Å². The molecule has 92 valence electrons. The first kappa shape index (κ1) is 15.4. The van der Waals surface area contributed by atoms with Crippen LogP contribution in [-0.2, 0) is 4.79 Å². The number of hydrogen-bond donors (Lipinski definition) is 2. The molecule has 0 aromatic carbocycles. The van der Waals surface area contributed by atoms with Gasteiger partial charge in [-0.1, -0.05) is 0 Å². The van der Waals surface area contributed by atoms with Crippen LogP contribution in [0.1, 0.15) is 35.2 Å². The summed E-state index contributed by atoms with van der Waals surface area (Å²) in [7, 11) is 0. The van der Waals surface area contributed by atoms with E-state index >= 15 is 0 Å². The molecule has 3 nitrogen and oxygen atoms in total. The number of nitrogens with one attached hydrogen (secondary N) is 1. The minimum Gasteiger partial charge on any atom is -0.348 e. The van der Waals surface area contributed by atoms with Crippen LogP contribution in [0.4, 0.5) is 0 Å². The lowest BCUT2D eigenvalue weighted by Gasteiger charge is -2.15. The lowest BCUT2D eigenvalue weighted by molar-refractivity contribution is -0.122. The van der Waals surface area contributed by atoms with E-state index in [0.717, 1.165) is 0 Å². The zero-order valence-corrected chi connectivity index (χ0v) is 11.7. The first-order valence-corrected chi connectivity index (χ1v) is 5.86. The molecule has 0 radical (unpaired) electrons. The molecule has 5 heteroatoms. The van der Waals surface area contributed by atoms with Crippen LogP contribution in [0.15, 0.2) is 6.07 Å². The van der Waals surface area contributed by atoms with E-state index in [9.17, 15) is 4.79 Å². The molecule has 0 spiro atoms. The molecule has 3 N–H and O–H groups in total. The Bertz CT molecular complexity index is 363. The lowest BCUT2D eigenvalue weighted by Crippen LogP contribution is -2.39. The Labute approximate surface area is 107 Å². The van der Waals surface area contributed by atoms with E-state index < -0.39 is 6.04 Å². The molecule has 1 heterocycles. The molecule has 1 aromatic rings. The standard InChI is InChI=1S/C11H18N2OS.ClH/c1-6-5-10(9(4)15-6)8(3)13-11(14)7(2)12;/h5,7-8H,12H2,1-4H3,(H,13,14);1H/t7-,8?;/m0./s1. The number of carbonyl (C=O) groups is 1. The minimum atomic E-state index is -0.451. The highest BCUT2D eigenvalue weighted by molar-refractivity contribution is 7.12. The van der Waals surface area contributed by atoms with Crippen LogP contribution in [-0.4, -0.2) is 11.9 Å². The number of rotatable bonds is 3. The molecule has 16 heavy (non-hydrogen) atoms. The third kappa shape index (κ3) is 3.77. The van der Waals surface area contributed by atoms with Gasteiger partial charge in [-0.3, -0.25) is 4.79 Å². The van der Waals surface area contributed by atoms with Crippen LogP contribution in [0.3, 0.4) is 0 Å². The molecular formula is C11H19ClN2OS. The summed E-state index contributed by atoms with van der Waals surface area (Å²) < 4.78 is 0. The smallest absolute Gasteiger partial charge is 0.237 e. The number of carbonyl (C=O) groups excluding carboxylic acids is 1. The van der Waals surface area contributed by atoms with Gasteiger partial charge in [-0.25, -0.2) is 0 Å². The highest BCUT2D eigenvalue weighted by Gasteiger charge is 2.15. The maximum absolute atomic E-state index is 11.4. The number of halogens is 1.